The van der Waals surface area contributed by atoms with Crippen LogP contribution >= 0.6 is 11.3 Å². The number of fused-ring (bicyclic) bond motifs is 1. The summed E-state index contributed by atoms with van der Waals surface area (Å²) in [6.07, 6.45) is 13.1. The zero-order valence-electron chi connectivity index (χ0n) is 21.0. The number of carbonyl (C=O) groups is 2. The lowest BCUT2D eigenvalue weighted by atomic mass is 9.82. The van der Waals surface area contributed by atoms with Crippen LogP contribution < -0.4 is 5.32 Å². The van der Waals surface area contributed by atoms with Gasteiger partial charge in [-0.1, -0.05) is 78.4 Å². The second-order valence-corrected chi connectivity index (χ2v) is 11.2. The van der Waals surface area contributed by atoms with Gasteiger partial charge in [-0.3, -0.25) is 10.1 Å². The number of benzene rings is 2. The standard InChI is InChI=1S/C32H29NO4S/c34-30(35)32(18-19-32)25-16-14-23(15-17-25)22-10-12-24(13-11-22)29-28(26-8-4-5-9-27(26)38-29)33-31(36)37-20-21-6-2-1-3-7-21/h1-10,12,14,16H,11,13,15,17-20H2,(H,33,36)(H,34,35). The number of amides is 1. The summed E-state index contributed by atoms with van der Waals surface area (Å²) in [5.41, 5.74) is 6.03. The number of thiophene rings is 1. The molecule has 0 spiro atoms. The summed E-state index contributed by atoms with van der Waals surface area (Å²) in [7, 11) is 0. The van der Waals surface area contributed by atoms with Crippen LogP contribution in [0.2, 0.25) is 0 Å². The molecule has 0 atom stereocenters. The average molecular weight is 524 g/mol. The molecule has 1 saturated carbocycles. The van der Waals surface area contributed by atoms with Crippen LogP contribution in [0.5, 0.6) is 0 Å². The predicted octanol–water partition coefficient (Wildman–Crippen LogP) is 8.27. The minimum atomic E-state index is -0.679. The lowest BCUT2D eigenvalue weighted by Gasteiger charge is -2.23. The Morgan fingerprint density at radius 1 is 0.842 bits per heavy atom. The van der Waals surface area contributed by atoms with Crippen molar-refractivity contribution in [2.24, 2.45) is 5.41 Å². The molecule has 38 heavy (non-hydrogen) atoms. The number of allylic oxidation sites excluding steroid dienone is 7. The van der Waals surface area contributed by atoms with Crippen molar-refractivity contribution in [2.45, 2.75) is 45.1 Å². The molecule has 0 bridgehead atoms. The van der Waals surface area contributed by atoms with Crippen molar-refractivity contribution in [3.63, 3.8) is 0 Å². The first kappa shape index (κ1) is 24.4. The lowest BCUT2D eigenvalue weighted by molar-refractivity contribution is -0.141. The Kier molecular flexibility index (Phi) is 6.50. The predicted molar refractivity (Wildman–Crippen MR) is 152 cm³/mol. The fraction of sp³-hybridized carbons (Fsp3) is 0.250. The maximum absolute atomic E-state index is 12.8. The molecule has 0 radical (unpaired) electrons. The summed E-state index contributed by atoms with van der Waals surface area (Å²) in [6.45, 7) is 0.220. The lowest BCUT2D eigenvalue weighted by Crippen LogP contribution is -2.18. The number of rotatable bonds is 7. The van der Waals surface area contributed by atoms with E-state index >= 15 is 0 Å². The van der Waals surface area contributed by atoms with E-state index in [0.29, 0.717) is 0 Å². The molecule has 3 aliphatic carbocycles. The van der Waals surface area contributed by atoms with Gasteiger partial charge in [0.25, 0.3) is 0 Å². The average Bonchev–Trinajstić information content (AvgIpc) is 3.70. The van der Waals surface area contributed by atoms with Gasteiger partial charge in [-0.15, -0.1) is 11.3 Å². The van der Waals surface area contributed by atoms with Gasteiger partial charge in [-0.2, -0.15) is 0 Å². The molecule has 192 valence electrons. The van der Waals surface area contributed by atoms with Crippen molar-refractivity contribution in [3.05, 3.63) is 106 Å². The minimum Gasteiger partial charge on any atom is -0.481 e. The second kappa shape index (κ2) is 10.1. The van der Waals surface area contributed by atoms with E-state index in [9.17, 15) is 14.7 Å². The highest BCUT2D eigenvalue weighted by atomic mass is 32.1. The summed E-state index contributed by atoms with van der Waals surface area (Å²) < 4.78 is 6.64. The molecule has 0 saturated heterocycles. The third kappa shape index (κ3) is 4.72. The van der Waals surface area contributed by atoms with Gasteiger partial charge in [-0.05, 0) is 66.9 Å². The van der Waals surface area contributed by atoms with Crippen LogP contribution in [0.3, 0.4) is 0 Å². The summed E-state index contributed by atoms with van der Waals surface area (Å²) in [5, 5.41) is 13.6. The zero-order valence-corrected chi connectivity index (χ0v) is 21.9. The first-order valence-electron chi connectivity index (χ1n) is 13.1. The Morgan fingerprint density at radius 3 is 2.16 bits per heavy atom. The van der Waals surface area contributed by atoms with Crippen LogP contribution in [0.15, 0.2) is 95.6 Å². The van der Waals surface area contributed by atoms with Crippen molar-refractivity contribution in [1.82, 2.24) is 0 Å². The van der Waals surface area contributed by atoms with Gasteiger partial charge in [-0.25, -0.2) is 4.79 Å². The van der Waals surface area contributed by atoms with Crippen molar-refractivity contribution in [2.75, 3.05) is 5.32 Å². The van der Waals surface area contributed by atoms with Crippen molar-refractivity contribution in [3.8, 4) is 0 Å². The third-order valence-corrected chi connectivity index (χ3v) is 9.06. The summed E-state index contributed by atoms with van der Waals surface area (Å²) in [4.78, 5) is 25.5. The van der Waals surface area contributed by atoms with E-state index in [4.69, 9.17) is 4.74 Å². The normalized spacial score (nSPS) is 18.1. The van der Waals surface area contributed by atoms with E-state index in [1.54, 1.807) is 11.3 Å². The third-order valence-electron chi connectivity index (χ3n) is 7.81. The summed E-state index contributed by atoms with van der Waals surface area (Å²) in [5.74, 6) is -0.679. The molecule has 3 aliphatic rings. The maximum atomic E-state index is 12.8. The quantitative estimate of drug-likeness (QED) is 0.327. The molecule has 6 heteroatoms. The maximum Gasteiger partial charge on any atom is 0.412 e. The SMILES string of the molecule is O=C(Nc1c(C2=CC=C(C3=CC=C(C4(C(=O)O)CC4)CC3)CC2)sc2ccccc12)OCc1ccccc1. The van der Waals surface area contributed by atoms with Crippen molar-refractivity contribution in [1.29, 1.82) is 0 Å². The van der Waals surface area contributed by atoms with Crippen LogP contribution in [0.1, 0.15) is 49.0 Å². The topological polar surface area (TPSA) is 75.6 Å². The monoisotopic (exact) mass is 523 g/mol. The van der Waals surface area contributed by atoms with Gasteiger partial charge < -0.3 is 9.84 Å². The Morgan fingerprint density at radius 2 is 1.50 bits per heavy atom. The number of hydrogen-bond donors (Lipinski definition) is 2. The molecule has 2 N–H and O–H groups in total. The molecular formula is C32H29NO4S. The number of carbonyl (C=O) groups excluding carboxylic acids is 1. The Hall–Kier alpha value is -3.90. The zero-order chi connectivity index (χ0) is 26.1. The first-order chi connectivity index (χ1) is 18.5. The minimum absolute atomic E-state index is 0.220. The number of carboxylic acid groups (broad SMARTS) is 1. The Balaban J connectivity index is 1.22. The number of aliphatic carboxylic acids is 1. The Labute approximate surface area is 225 Å². The number of nitrogens with one attached hydrogen (secondary N) is 1. The first-order valence-corrected chi connectivity index (χ1v) is 13.9. The molecule has 1 fully saturated rings. The molecule has 1 aromatic heterocycles. The highest BCUT2D eigenvalue weighted by molar-refractivity contribution is 7.20. The number of anilines is 1. The molecule has 1 heterocycles. The fourth-order valence-corrected chi connectivity index (χ4v) is 6.66. The number of hydrogen-bond acceptors (Lipinski definition) is 4. The van der Waals surface area contributed by atoms with Crippen LogP contribution in [0, 0.1) is 5.41 Å². The van der Waals surface area contributed by atoms with Crippen LogP contribution in [-0.2, 0) is 16.1 Å². The smallest absolute Gasteiger partial charge is 0.412 e. The fourth-order valence-electron chi connectivity index (χ4n) is 5.45. The van der Waals surface area contributed by atoms with Gasteiger partial charge in [0.15, 0.2) is 0 Å². The number of ether oxygens (including phenoxy) is 1. The van der Waals surface area contributed by atoms with Crippen molar-refractivity contribution < 1.29 is 19.4 Å². The molecule has 5 nitrogen and oxygen atoms in total. The van der Waals surface area contributed by atoms with Gasteiger partial charge >= 0.3 is 12.1 Å². The molecule has 1 amide bonds. The van der Waals surface area contributed by atoms with Crippen LogP contribution in [0.4, 0.5) is 10.5 Å². The van der Waals surface area contributed by atoms with E-state index in [1.807, 2.05) is 48.5 Å². The highest BCUT2D eigenvalue weighted by Gasteiger charge is 2.52. The largest absolute Gasteiger partial charge is 0.481 e. The molecule has 0 aliphatic heterocycles. The van der Waals surface area contributed by atoms with E-state index in [0.717, 1.165) is 70.3 Å². The number of carboxylic acids is 1. The van der Waals surface area contributed by atoms with Gasteiger partial charge in [0, 0.05) is 10.1 Å². The highest BCUT2D eigenvalue weighted by Crippen LogP contribution is 2.55. The molecule has 3 aromatic rings. The van der Waals surface area contributed by atoms with Crippen LogP contribution in [-0.4, -0.2) is 17.2 Å². The second-order valence-electron chi connectivity index (χ2n) is 10.1. The molecular weight excluding hydrogens is 494 g/mol. The van der Waals surface area contributed by atoms with E-state index < -0.39 is 17.5 Å². The molecule has 2 aromatic carbocycles. The summed E-state index contributed by atoms with van der Waals surface area (Å²) in [6, 6.07) is 17.8. The van der Waals surface area contributed by atoms with Gasteiger partial charge in [0.2, 0.25) is 0 Å². The molecule has 0 unspecified atom stereocenters. The van der Waals surface area contributed by atoms with E-state index in [-0.39, 0.29) is 6.61 Å². The van der Waals surface area contributed by atoms with Crippen molar-refractivity contribution >= 4 is 44.7 Å². The van der Waals surface area contributed by atoms with Crippen LogP contribution in [0.25, 0.3) is 15.7 Å². The molecule has 6 rings (SSSR count). The van der Waals surface area contributed by atoms with E-state index in [2.05, 4.69) is 35.7 Å². The van der Waals surface area contributed by atoms with Gasteiger partial charge in [0.1, 0.15) is 6.61 Å². The van der Waals surface area contributed by atoms with Gasteiger partial charge in [0.05, 0.1) is 16.0 Å². The van der Waals surface area contributed by atoms with E-state index in [1.165, 1.54) is 16.7 Å². The summed E-state index contributed by atoms with van der Waals surface area (Å²) >= 11 is 1.69. The Bertz CT molecular complexity index is 1540.